The van der Waals surface area contributed by atoms with Crippen molar-refractivity contribution in [2.45, 2.75) is 12.8 Å². The van der Waals surface area contributed by atoms with Crippen molar-refractivity contribution >= 4 is 0 Å². The summed E-state index contributed by atoms with van der Waals surface area (Å²) in [7, 11) is 0. The number of hydrogen-bond donors (Lipinski definition) is 1. The second-order valence-electron chi connectivity index (χ2n) is 3.29. The van der Waals surface area contributed by atoms with Crippen LogP contribution in [0.2, 0.25) is 0 Å². The fourth-order valence-corrected chi connectivity index (χ4v) is 1.06. The van der Waals surface area contributed by atoms with Crippen LogP contribution in [0.3, 0.4) is 0 Å². The van der Waals surface area contributed by atoms with E-state index < -0.39 is 0 Å². The standard InChI is InChI=1S/C10H22N4O3/c11-3-6-16-8-10-17-9-7-15-5-2-1-4-13-14-12/h1-11H2. The normalized spacial score (nSPS) is 10.2. The van der Waals surface area contributed by atoms with Crippen molar-refractivity contribution in [3.63, 3.8) is 0 Å². The van der Waals surface area contributed by atoms with Crippen molar-refractivity contribution in [3.05, 3.63) is 10.4 Å². The van der Waals surface area contributed by atoms with Crippen LogP contribution >= 0.6 is 0 Å². The monoisotopic (exact) mass is 246 g/mol. The van der Waals surface area contributed by atoms with Crippen LogP contribution in [-0.4, -0.2) is 52.7 Å². The third kappa shape index (κ3) is 15.1. The number of nitrogens with zero attached hydrogens (tertiary/aromatic N) is 3. The van der Waals surface area contributed by atoms with Crippen LogP contribution in [-0.2, 0) is 14.2 Å². The number of nitrogens with two attached hydrogens (primary N) is 1. The zero-order valence-corrected chi connectivity index (χ0v) is 10.2. The number of ether oxygens (including phenoxy) is 3. The SMILES string of the molecule is [N-]=[N+]=NCCCCOCCOCCOCCN. The molecule has 100 valence electrons. The summed E-state index contributed by atoms with van der Waals surface area (Å²) in [5, 5.41) is 3.43. The van der Waals surface area contributed by atoms with Gasteiger partial charge in [0, 0.05) is 24.6 Å². The Morgan fingerprint density at radius 1 is 0.882 bits per heavy atom. The Morgan fingerprint density at radius 3 is 2.06 bits per heavy atom. The van der Waals surface area contributed by atoms with E-state index in [4.69, 9.17) is 25.5 Å². The summed E-state index contributed by atoms with van der Waals surface area (Å²) in [6.07, 6.45) is 1.76. The summed E-state index contributed by atoms with van der Waals surface area (Å²) in [6.45, 7) is 4.62. The van der Waals surface area contributed by atoms with Crippen molar-refractivity contribution in [1.82, 2.24) is 0 Å². The molecule has 17 heavy (non-hydrogen) atoms. The first kappa shape index (κ1) is 16.1. The van der Waals surface area contributed by atoms with E-state index in [1.807, 2.05) is 0 Å². The van der Waals surface area contributed by atoms with Gasteiger partial charge in [0.25, 0.3) is 0 Å². The lowest BCUT2D eigenvalue weighted by Crippen LogP contribution is -2.13. The molecule has 0 saturated heterocycles. The first-order chi connectivity index (χ1) is 8.41. The van der Waals surface area contributed by atoms with Gasteiger partial charge in [0.1, 0.15) is 0 Å². The van der Waals surface area contributed by atoms with Gasteiger partial charge in [-0.3, -0.25) is 0 Å². The lowest BCUT2D eigenvalue weighted by Gasteiger charge is -2.05. The predicted octanol–water partition coefficient (Wildman–Crippen LogP) is 1.09. The zero-order valence-electron chi connectivity index (χ0n) is 10.2. The van der Waals surface area contributed by atoms with Crippen LogP contribution in [0.4, 0.5) is 0 Å². The van der Waals surface area contributed by atoms with Gasteiger partial charge in [-0.25, -0.2) is 0 Å². The Bertz CT molecular complexity index is 198. The fourth-order valence-electron chi connectivity index (χ4n) is 1.06. The molecule has 0 aliphatic rings. The maximum Gasteiger partial charge on any atom is 0.0701 e. The summed E-state index contributed by atoms with van der Waals surface area (Å²) in [5.74, 6) is 0. The molecular weight excluding hydrogens is 224 g/mol. The van der Waals surface area contributed by atoms with E-state index in [9.17, 15) is 0 Å². The molecule has 0 saturated carbocycles. The van der Waals surface area contributed by atoms with Crippen molar-refractivity contribution < 1.29 is 14.2 Å². The van der Waals surface area contributed by atoms with E-state index in [2.05, 4.69) is 10.0 Å². The molecule has 0 aromatic carbocycles. The highest BCUT2D eigenvalue weighted by Gasteiger charge is 1.91. The van der Waals surface area contributed by atoms with E-state index in [1.165, 1.54) is 0 Å². The Morgan fingerprint density at radius 2 is 1.47 bits per heavy atom. The van der Waals surface area contributed by atoms with Gasteiger partial charge in [-0.05, 0) is 18.4 Å². The quantitative estimate of drug-likeness (QED) is 0.227. The van der Waals surface area contributed by atoms with Gasteiger partial charge >= 0.3 is 0 Å². The molecule has 0 amide bonds. The van der Waals surface area contributed by atoms with Crippen LogP contribution in [0.25, 0.3) is 10.4 Å². The summed E-state index contributed by atoms with van der Waals surface area (Å²) in [6, 6.07) is 0. The molecule has 0 spiro atoms. The third-order valence-electron chi connectivity index (χ3n) is 1.87. The molecule has 7 heteroatoms. The average molecular weight is 246 g/mol. The van der Waals surface area contributed by atoms with Crippen molar-refractivity contribution in [3.8, 4) is 0 Å². The van der Waals surface area contributed by atoms with Gasteiger partial charge in [0.05, 0.1) is 33.0 Å². The van der Waals surface area contributed by atoms with Crippen LogP contribution in [0.15, 0.2) is 5.11 Å². The molecule has 0 bridgehead atoms. The highest BCUT2D eigenvalue weighted by Crippen LogP contribution is 1.91. The molecule has 0 heterocycles. The molecule has 0 aromatic rings. The van der Waals surface area contributed by atoms with E-state index in [-0.39, 0.29) is 0 Å². The molecule has 0 unspecified atom stereocenters. The summed E-state index contributed by atoms with van der Waals surface area (Å²) >= 11 is 0. The maximum absolute atomic E-state index is 8.04. The molecule has 0 aliphatic carbocycles. The summed E-state index contributed by atoms with van der Waals surface area (Å²) < 4.78 is 15.7. The smallest absolute Gasteiger partial charge is 0.0701 e. The number of azide groups is 1. The predicted molar refractivity (Wildman–Crippen MR) is 64.8 cm³/mol. The molecule has 7 nitrogen and oxygen atoms in total. The Kier molecular flexibility index (Phi) is 14.4. The van der Waals surface area contributed by atoms with Crippen molar-refractivity contribution in [2.75, 3.05) is 52.7 Å². The van der Waals surface area contributed by atoms with E-state index in [0.717, 1.165) is 12.8 Å². The summed E-state index contributed by atoms with van der Waals surface area (Å²) in [5.41, 5.74) is 13.3. The zero-order chi connectivity index (χ0) is 12.6. The van der Waals surface area contributed by atoms with E-state index >= 15 is 0 Å². The molecule has 0 atom stereocenters. The first-order valence-corrected chi connectivity index (χ1v) is 5.86. The van der Waals surface area contributed by atoms with Gasteiger partial charge in [0.2, 0.25) is 0 Å². The fraction of sp³-hybridized carbons (Fsp3) is 1.00. The van der Waals surface area contributed by atoms with Gasteiger partial charge in [0.15, 0.2) is 0 Å². The largest absolute Gasteiger partial charge is 0.379 e. The highest BCUT2D eigenvalue weighted by atomic mass is 16.5. The van der Waals surface area contributed by atoms with E-state index in [0.29, 0.717) is 52.7 Å². The third-order valence-corrected chi connectivity index (χ3v) is 1.87. The Hall–Kier alpha value is -0.850. The van der Waals surface area contributed by atoms with Gasteiger partial charge in [-0.1, -0.05) is 5.11 Å². The van der Waals surface area contributed by atoms with Crippen molar-refractivity contribution in [2.24, 2.45) is 10.8 Å². The topological polar surface area (TPSA) is 102 Å². The Balaban J connectivity index is 2.91. The number of hydrogen-bond acceptors (Lipinski definition) is 5. The first-order valence-electron chi connectivity index (χ1n) is 5.86. The minimum atomic E-state index is 0.537. The average Bonchev–Trinajstić information content (AvgIpc) is 2.35. The lowest BCUT2D eigenvalue weighted by atomic mass is 10.3. The molecule has 0 radical (unpaired) electrons. The number of rotatable bonds is 13. The van der Waals surface area contributed by atoms with Gasteiger partial charge < -0.3 is 19.9 Å². The highest BCUT2D eigenvalue weighted by molar-refractivity contribution is 4.47. The van der Waals surface area contributed by atoms with Gasteiger partial charge in [-0.15, -0.1) is 0 Å². The van der Waals surface area contributed by atoms with Crippen LogP contribution < -0.4 is 5.73 Å². The second-order valence-corrected chi connectivity index (χ2v) is 3.29. The maximum atomic E-state index is 8.04. The van der Waals surface area contributed by atoms with Gasteiger partial charge in [-0.2, -0.15) is 0 Å². The molecule has 0 aliphatic heterocycles. The molecule has 0 rings (SSSR count). The lowest BCUT2D eigenvalue weighted by molar-refractivity contribution is 0.0154. The van der Waals surface area contributed by atoms with Crippen molar-refractivity contribution in [1.29, 1.82) is 0 Å². The molecule has 2 N–H and O–H groups in total. The number of unbranched alkanes of at least 4 members (excludes halogenated alkanes) is 1. The van der Waals surface area contributed by atoms with Crippen LogP contribution in [0.5, 0.6) is 0 Å². The van der Waals surface area contributed by atoms with Crippen LogP contribution in [0.1, 0.15) is 12.8 Å². The van der Waals surface area contributed by atoms with Crippen LogP contribution in [0, 0.1) is 0 Å². The molecular formula is C10H22N4O3. The molecule has 0 aromatic heterocycles. The van der Waals surface area contributed by atoms with E-state index in [1.54, 1.807) is 0 Å². The Labute approximate surface area is 102 Å². The minimum absolute atomic E-state index is 0.537. The molecule has 0 fully saturated rings. The minimum Gasteiger partial charge on any atom is -0.379 e. The summed E-state index contributed by atoms with van der Waals surface area (Å²) in [4.78, 5) is 2.67. The second kappa shape index (κ2) is 15.1.